The molecule has 1 unspecified atom stereocenters. The van der Waals surface area contributed by atoms with Gasteiger partial charge in [0.1, 0.15) is 0 Å². The molecule has 0 bridgehead atoms. The molecule has 4 heteroatoms. The SMILES string of the molecule is CC(C)CCN(C)c1nc(C(C)N)cs1. The number of hydrogen-bond acceptors (Lipinski definition) is 4. The van der Waals surface area contributed by atoms with Crippen LogP contribution in [-0.4, -0.2) is 18.6 Å². The molecule has 3 nitrogen and oxygen atoms in total. The Kier molecular flexibility index (Phi) is 4.54. The number of aromatic nitrogens is 1. The molecule has 0 spiro atoms. The Hall–Kier alpha value is -0.610. The predicted octanol–water partition coefficient (Wildman–Crippen LogP) is 2.65. The second-order valence-electron chi connectivity index (χ2n) is 4.45. The van der Waals surface area contributed by atoms with E-state index >= 15 is 0 Å². The monoisotopic (exact) mass is 227 g/mol. The van der Waals surface area contributed by atoms with Gasteiger partial charge < -0.3 is 10.6 Å². The number of rotatable bonds is 5. The third-order valence-corrected chi connectivity index (χ3v) is 3.32. The van der Waals surface area contributed by atoms with Crippen molar-refractivity contribution in [3.8, 4) is 0 Å². The van der Waals surface area contributed by atoms with Crippen molar-refractivity contribution in [3.05, 3.63) is 11.1 Å². The fourth-order valence-corrected chi connectivity index (χ4v) is 2.13. The number of anilines is 1. The molecule has 0 radical (unpaired) electrons. The van der Waals surface area contributed by atoms with Crippen molar-refractivity contribution < 1.29 is 0 Å². The second kappa shape index (κ2) is 5.47. The highest BCUT2D eigenvalue weighted by molar-refractivity contribution is 7.13. The van der Waals surface area contributed by atoms with Gasteiger partial charge in [-0.05, 0) is 19.3 Å². The maximum absolute atomic E-state index is 5.78. The molecule has 1 heterocycles. The van der Waals surface area contributed by atoms with Crippen LogP contribution in [0.5, 0.6) is 0 Å². The molecule has 0 aliphatic carbocycles. The number of nitrogens with two attached hydrogens (primary N) is 1. The van der Waals surface area contributed by atoms with Crippen molar-refractivity contribution in [2.75, 3.05) is 18.5 Å². The van der Waals surface area contributed by atoms with Gasteiger partial charge in [0.25, 0.3) is 0 Å². The first-order valence-electron chi connectivity index (χ1n) is 5.43. The Labute approximate surface area is 96.3 Å². The third kappa shape index (κ3) is 3.80. The van der Waals surface area contributed by atoms with E-state index in [1.807, 2.05) is 12.3 Å². The lowest BCUT2D eigenvalue weighted by Crippen LogP contribution is -2.19. The van der Waals surface area contributed by atoms with E-state index in [9.17, 15) is 0 Å². The average molecular weight is 227 g/mol. The van der Waals surface area contributed by atoms with Gasteiger partial charge in [-0.2, -0.15) is 0 Å². The highest BCUT2D eigenvalue weighted by atomic mass is 32.1. The molecule has 0 aliphatic rings. The molecule has 1 aromatic heterocycles. The minimum Gasteiger partial charge on any atom is -0.351 e. The van der Waals surface area contributed by atoms with Crippen LogP contribution in [0.4, 0.5) is 5.13 Å². The normalized spacial score (nSPS) is 13.2. The molecule has 0 aliphatic heterocycles. The molecule has 0 amide bonds. The van der Waals surface area contributed by atoms with Crippen LogP contribution in [0.1, 0.15) is 38.9 Å². The van der Waals surface area contributed by atoms with Crippen molar-refractivity contribution in [2.24, 2.45) is 11.7 Å². The van der Waals surface area contributed by atoms with E-state index in [0.29, 0.717) is 0 Å². The molecule has 0 aromatic carbocycles. The van der Waals surface area contributed by atoms with Gasteiger partial charge in [-0.1, -0.05) is 13.8 Å². The predicted molar refractivity (Wildman–Crippen MR) is 67.4 cm³/mol. The summed E-state index contributed by atoms with van der Waals surface area (Å²) in [4.78, 5) is 6.71. The van der Waals surface area contributed by atoms with E-state index in [0.717, 1.165) is 23.3 Å². The molecule has 0 saturated carbocycles. The highest BCUT2D eigenvalue weighted by Crippen LogP contribution is 2.22. The fraction of sp³-hybridized carbons (Fsp3) is 0.727. The molecule has 1 rings (SSSR count). The molecule has 2 N–H and O–H groups in total. The van der Waals surface area contributed by atoms with Crippen LogP contribution in [-0.2, 0) is 0 Å². The van der Waals surface area contributed by atoms with E-state index in [2.05, 4.69) is 30.8 Å². The van der Waals surface area contributed by atoms with Crippen LogP contribution in [0, 0.1) is 5.92 Å². The van der Waals surface area contributed by atoms with E-state index in [4.69, 9.17) is 5.73 Å². The Bertz CT molecular complexity index is 294. The molecule has 15 heavy (non-hydrogen) atoms. The lowest BCUT2D eigenvalue weighted by atomic mass is 10.1. The minimum atomic E-state index is 0.0356. The van der Waals surface area contributed by atoms with Crippen LogP contribution in [0.15, 0.2) is 5.38 Å². The van der Waals surface area contributed by atoms with Gasteiger partial charge in [0.05, 0.1) is 5.69 Å². The maximum atomic E-state index is 5.78. The van der Waals surface area contributed by atoms with Gasteiger partial charge >= 0.3 is 0 Å². The minimum absolute atomic E-state index is 0.0356. The standard InChI is InChI=1S/C11H21N3S/c1-8(2)5-6-14(4)11-13-10(7-15-11)9(3)12/h7-9H,5-6,12H2,1-4H3. The zero-order chi connectivity index (χ0) is 11.4. The first-order valence-corrected chi connectivity index (χ1v) is 6.30. The van der Waals surface area contributed by atoms with Gasteiger partial charge in [-0.15, -0.1) is 11.3 Å². The summed E-state index contributed by atoms with van der Waals surface area (Å²) in [7, 11) is 2.09. The summed E-state index contributed by atoms with van der Waals surface area (Å²) in [6.07, 6.45) is 1.20. The Morgan fingerprint density at radius 3 is 2.60 bits per heavy atom. The van der Waals surface area contributed by atoms with Crippen molar-refractivity contribution in [1.82, 2.24) is 4.98 Å². The third-order valence-electron chi connectivity index (χ3n) is 2.34. The van der Waals surface area contributed by atoms with Crippen molar-refractivity contribution >= 4 is 16.5 Å². The summed E-state index contributed by atoms with van der Waals surface area (Å²) in [6, 6.07) is 0.0356. The Morgan fingerprint density at radius 1 is 1.47 bits per heavy atom. The van der Waals surface area contributed by atoms with Crippen LogP contribution in [0.3, 0.4) is 0 Å². The Balaban J connectivity index is 2.54. The molecular formula is C11H21N3S. The van der Waals surface area contributed by atoms with Crippen molar-refractivity contribution in [2.45, 2.75) is 33.2 Å². The quantitative estimate of drug-likeness (QED) is 0.841. The maximum Gasteiger partial charge on any atom is 0.185 e. The summed E-state index contributed by atoms with van der Waals surface area (Å²) in [5, 5.41) is 3.12. The van der Waals surface area contributed by atoms with Crippen molar-refractivity contribution in [1.29, 1.82) is 0 Å². The first-order chi connectivity index (χ1) is 7.00. The van der Waals surface area contributed by atoms with E-state index < -0.39 is 0 Å². The smallest absolute Gasteiger partial charge is 0.185 e. The van der Waals surface area contributed by atoms with Gasteiger partial charge in [-0.3, -0.25) is 0 Å². The molecular weight excluding hydrogens is 206 g/mol. The van der Waals surface area contributed by atoms with Gasteiger partial charge in [0, 0.05) is 25.0 Å². The van der Waals surface area contributed by atoms with Crippen molar-refractivity contribution in [3.63, 3.8) is 0 Å². The summed E-state index contributed by atoms with van der Waals surface area (Å²) < 4.78 is 0. The fourth-order valence-electron chi connectivity index (χ4n) is 1.21. The van der Waals surface area contributed by atoms with Gasteiger partial charge in [0.15, 0.2) is 5.13 Å². The van der Waals surface area contributed by atoms with Gasteiger partial charge in [-0.25, -0.2) is 4.98 Å². The Morgan fingerprint density at radius 2 is 2.13 bits per heavy atom. The summed E-state index contributed by atoms with van der Waals surface area (Å²) in [5.41, 5.74) is 6.77. The van der Waals surface area contributed by atoms with Crippen LogP contribution in [0.25, 0.3) is 0 Å². The molecule has 0 fully saturated rings. The number of thiazole rings is 1. The van der Waals surface area contributed by atoms with E-state index in [1.165, 1.54) is 6.42 Å². The van der Waals surface area contributed by atoms with Crippen LogP contribution >= 0.6 is 11.3 Å². The molecule has 0 saturated heterocycles. The highest BCUT2D eigenvalue weighted by Gasteiger charge is 2.09. The zero-order valence-electron chi connectivity index (χ0n) is 10.0. The number of nitrogens with zero attached hydrogens (tertiary/aromatic N) is 2. The number of hydrogen-bond donors (Lipinski definition) is 1. The van der Waals surface area contributed by atoms with Gasteiger partial charge in [0.2, 0.25) is 0 Å². The second-order valence-corrected chi connectivity index (χ2v) is 5.28. The molecule has 1 aromatic rings. The summed E-state index contributed by atoms with van der Waals surface area (Å²) in [6.45, 7) is 7.50. The van der Waals surface area contributed by atoms with E-state index in [1.54, 1.807) is 11.3 Å². The molecule has 86 valence electrons. The average Bonchev–Trinajstić information content (AvgIpc) is 2.62. The lowest BCUT2D eigenvalue weighted by Gasteiger charge is -2.16. The topological polar surface area (TPSA) is 42.2 Å². The lowest BCUT2D eigenvalue weighted by molar-refractivity contribution is 0.584. The zero-order valence-corrected chi connectivity index (χ0v) is 10.8. The van der Waals surface area contributed by atoms with Crippen LogP contribution in [0.2, 0.25) is 0 Å². The summed E-state index contributed by atoms with van der Waals surface area (Å²) in [5.74, 6) is 0.736. The first kappa shape index (κ1) is 12.5. The van der Waals surface area contributed by atoms with Crippen LogP contribution < -0.4 is 10.6 Å². The van der Waals surface area contributed by atoms with E-state index in [-0.39, 0.29) is 6.04 Å². The largest absolute Gasteiger partial charge is 0.351 e. The molecule has 1 atom stereocenters. The summed E-state index contributed by atoms with van der Waals surface area (Å²) >= 11 is 1.67.